The molecule has 0 spiro atoms. The summed E-state index contributed by atoms with van der Waals surface area (Å²) in [6.07, 6.45) is 2.81. The van der Waals surface area contributed by atoms with Gasteiger partial charge in [-0.1, -0.05) is 37.3 Å². The van der Waals surface area contributed by atoms with E-state index in [-0.39, 0.29) is 30.0 Å². The molecule has 0 amide bonds. The van der Waals surface area contributed by atoms with E-state index >= 15 is 0 Å². The van der Waals surface area contributed by atoms with E-state index < -0.39 is 0 Å². The highest BCUT2D eigenvalue weighted by atomic mass is 127. The lowest BCUT2D eigenvalue weighted by atomic mass is 10.1. The van der Waals surface area contributed by atoms with Gasteiger partial charge in [-0.2, -0.15) is 0 Å². The van der Waals surface area contributed by atoms with Gasteiger partial charge in [0.2, 0.25) is 0 Å². The third-order valence-corrected chi connectivity index (χ3v) is 4.23. The van der Waals surface area contributed by atoms with Crippen molar-refractivity contribution in [3.8, 4) is 0 Å². The lowest BCUT2D eigenvalue weighted by Crippen LogP contribution is -2.44. The standard InChI is InChI=1S/C18H23N3O.HI/c1-3-14(2)21-16(17-10-7-11-22-17)13-20-18(21)19-12-15-8-5-4-6-9-15;/h4-11,14,16H,3,12-13H2,1-2H3,(H,19,20);1H. The molecule has 3 rings (SSSR count). The van der Waals surface area contributed by atoms with Gasteiger partial charge in [0.1, 0.15) is 11.8 Å². The predicted molar refractivity (Wildman–Crippen MR) is 104 cm³/mol. The molecule has 0 aliphatic carbocycles. The van der Waals surface area contributed by atoms with Crippen molar-refractivity contribution in [3.63, 3.8) is 0 Å². The second-order valence-corrected chi connectivity index (χ2v) is 5.70. The summed E-state index contributed by atoms with van der Waals surface area (Å²) in [4.78, 5) is 7.06. The molecule has 1 aromatic carbocycles. The minimum absolute atomic E-state index is 0. The normalized spacial score (nSPS) is 18.3. The first-order valence-electron chi connectivity index (χ1n) is 7.93. The Kier molecular flexibility index (Phi) is 6.50. The third kappa shape index (κ3) is 4.07. The van der Waals surface area contributed by atoms with E-state index in [0.717, 1.165) is 31.2 Å². The summed E-state index contributed by atoms with van der Waals surface area (Å²) >= 11 is 0. The zero-order valence-electron chi connectivity index (χ0n) is 13.6. The second kappa shape index (κ2) is 8.38. The van der Waals surface area contributed by atoms with Crippen LogP contribution in [0.5, 0.6) is 0 Å². The van der Waals surface area contributed by atoms with Gasteiger partial charge in [0.05, 0.1) is 12.8 Å². The van der Waals surface area contributed by atoms with Crippen molar-refractivity contribution in [2.24, 2.45) is 4.99 Å². The van der Waals surface area contributed by atoms with Crippen LogP contribution in [0.1, 0.15) is 37.6 Å². The molecular formula is C18H24IN3O. The molecule has 1 N–H and O–H groups in total. The Morgan fingerprint density at radius 2 is 2.04 bits per heavy atom. The highest BCUT2D eigenvalue weighted by molar-refractivity contribution is 14.0. The molecule has 0 fully saturated rings. The molecule has 4 nitrogen and oxygen atoms in total. The van der Waals surface area contributed by atoms with Crippen LogP contribution in [0, 0.1) is 0 Å². The van der Waals surface area contributed by atoms with Gasteiger partial charge in [-0.25, -0.2) is 0 Å². The fourth-order valence-electron chi connectivity index (χ4n) is 2.83. The fraction of sp³-hybridized carbons (Fsp3) is 0.389. The molecule has 2 aromatic rings. The number of rotatable bonds is 5. The molecule has 0 bridgehead atoms. The Labute approximate surface area is 155 Å². The average Bonchev–Trinajstić information content (AvgIpc) is 3.22. The molecule has 23 heavy (non-hydrogen) atoms. The van der Waals surface area contributed by atoms with Crippen molar-refractivity contribution < 1.29 is 4.42 Å². The number of hydrogen-bond acceptors (Lipinski definition) is 4. The summed E-state index contributed by atoms with van der Waals surface area (Å²) in [5.74, 6) is 1.96. The maximum atomic E-state index is 5.61. The number of furan rings is 1. The molecule has 0 radical (unpaired) electrons. The molecular weight excluding hydrogens is 401 g/mol. The fourth-order valence-corrected chi connectivity index (χ4v) is 2.83. The summed E-state index contributed by atoms with van der Waals surface area (Å²) in [5.41, 5.74) is 1.26. The summed E-state index contributed by atoms with van der Waals surface area (Å²) in [6.45, 7) is 5.98. The number of benzene rings is 1. The van der Waals surface area contributed by atoms with E-state index in [1.165, 1.54) is 5.56 Å². The van der Waals surface area contributed by atoms with Crippen molar-refractivity contribution in [3.05, 3.63) is 60.1 Å². The smallest absolute Gasteiger partial charge is 0.195 e. The Hall–Kier alpha value is -1.50. The van der Waals surface area contributed by atoms with Gasteiger partial charge in [-0.05, 0) is 31.0 Å². The van der Waals surface area contributed by atoms with E-state index in [1.807, 2.05) is 18.2 Å². The maximum absolute atomic E-state index is 5.61. The molecule has 2 atom stereocenters. The molecule has 5 heteroatoms. The molecule has 0 saturated heterocycles. The van der Waals surface area contributed by atoms with Gasteiger partial charge in [-0.15, -0.1) is 24.0 Å². The third-order valence-electron chi connectivity index (χ3n) is 4.23. The molecule has 1 aromatic heterocycles. The first kappa shape index (κ1) is 17.8. The first-order chi connectivity index (χ1) is 10.8. The monoisotopic (exact) mass is 425 g/mol. The minimum atomic E-state index is 0. The summed E-state index contributed by atoms with van der Waals surface area (Å²) in [6, 6.07) is 15.0. The SMILES string of the molecule is CCC(C)N1C(NCc2ccccc2)=NCC1c1ccco1.I. The molecule has 2 heterocycles. The van der Waals surface area contributed by atoms with Crippen LogP contribution in [0.15, 0.2) is 58.1 Å². The van der Waals surface area contributed by atoms with Gasteiger partial charge < -0.3 is 14.6 Å². The van der Waals surface area contributed by atoms with E-state index in [9.17, 15) is 0 Å². The van der Waals surface area contributed by atoms with Gasteiger partial charge in [-0.3, -0.25) is 4.99 Å². The highest BCUT2D eigenvalue weighted by Gasteiger charge is 2.33. The average molecular weight is 425 g/mol. The molecule has 1 aliphatic heterocycles. The van der Waals surface area contributed by atoms with Gasteiger partial charge in [0.25, 0.3) is 0 Å². The van der Waals surface area contributed by atoms with Crippen molar-refractivity contribution in [1.82, 2.24) is 10.2 Å². The van der Waals surface area contributed by atoms with Crippen LogP contribution in [-0.2, 0) is 6.54 Å². The Morgan fingerprint density at radius 3 is 2.70 bits per heavy atom. The lowest BCUT2D eigenvalue weighted by Gasteiger charge is -2.32. The van der Waals surface area contributed by atoms with Gasteiger partial charge in [0.15, 0.2) is 5.96 Å². The largest absolute Gasteiger partial charge is 0.467 e. The number of halogens is 1. The predicted octanol–water partition coefficient (Wildman–Crippen LogP) is 4.20. The molecule has 1 aliphatic rings. The molecule has 124 valence electrons. The Morgan fingerprint density at radius 1 is 1.26 bits per heavy atom. The minimum Gasteiger partial charge on any atom is -0.467 e. The van der Waals surface area contributed by atoms with Crippen LogP contribution in [0.3, 0.4) is 0 Å². The summed E-state index contributed by atoms with van der Waals surface area (Å²) < 4.78 is 5.61. The topological polar surface area (TPSA) is 40.8 Å². The van der Waals surface area contributed by atoms with E-state index in [1.54, 1.807) is 6.26 Å². The number of nitrogens with one attached hydrogen (secondary N) is 1. The van der Waals surface area contributed by atoms with Crippen molar-refractivity contribution in [2.75, 3.05) is 6.54 Å². The second-order valence-electron chi connectivity index (χ2n) is 5.70. The van der Waals surface area contributed by atoms with Crippen molar-refractivity contribution in [2.45, 2.75) is 38.9 Å². The van der Waals surface area contributed by atoms with Crippen LogP contribution in [0.2, 0.25) is 0 Å². The highest BCUT2D eigenvalue weighted by Crippen LogP contribution is 2.29. The van der Waals surface area contributed by atoms with Gasteiger partial charge in [0, 0.05) is 12.6 Å². The molecule has 0 saturated carbocycles. The van der Waals surface area contributed by atoms with E-state index in [4.69, 9.17) is 9.41 Å². The van der Waals surface area contributed by atoms with E-state index in [2.05, 4.69) is 48.3 Å². The number of aliphatic imine (C=N–C) groups is 1. The number of guanidine groups is 1. The zero-order valence-corrected chi connectivity index (χ0v) is 15.9. The van der Waals surface area contributed by atoms with Crippen LogP contribution < -0.4 is 5.32 Å². The van der Waals surface area contributed by atoms with Crippen molar-refractivity contribution >= 4 is 29.9 Å². The quantitative estimate of drug-likeness (QED) is 0.731. The summed E-state index contributed by atoms with van der Waals surface area (Å²) in [5, 5.41) is 3.49. The lowest BCUT2D eigenvalue weighted by molar-refractivity contribution is 0.236. The molecule has 2 unspecified atom stereocenters. The zero-order chi connectivity index (χ0) is 15.4. The number of hydrogen-bond donors (Lipinski definition) is 1. The first-order valence-corrected chi connectivity index (χ1v) is 7.93. The van der Waals surface area contributed by atoms with E-state index in [0.29, 0.717) is 6.04 Å². The van der Waals surface area contributed by atoms with Crippen molar-refractivity contribution in [1.29, 1.82) is 0 Å². The summed E-state index contributed by atoms with van der Waals surface area (Å²) in [7, 11) is 0. The van der Waals surface area contributed by atoms with Crippen LogP contribution in [0.4, 0.5) is 0 Å². The Bertz CT molecular complexity index is 612. The van der Waals surface area contributed by atoms with Gasteiger partial charge >= 0.3 is 0 Å². The van der Waals surface area contributed by atoms with Crippen LogP contribution >= 0.6 is 24.0 Å². The van der Waals surface area contributed by atoms with Crippen LogP contribution in [-0.4, -0.2) is 23.4 Å². The maximum Gasteiger partial charge on any atom is 0.195 e. The Balaban J connectivity index is 0.00000192. The number of nitrogens with zero attached hydrogens (tertiary/aromatic N) is 2. The van der Waals surface area contributed by atoms with Crippen LogP contribution in [0.25, 0.3) is 0 Å².